The Labute approximate surface area is 179 Å². The lowest BCUT2D eigenvalue weighted by Crippen LogP contribution is -2.23. The van der Waals surface area contributed by atoms with Gasteiger partial charge in [0.15, 0.2) is 5.82 Å². The highest BCUT2D eigenvalue weighted by atomic mass is 79.9. The number of hydrogen-bond acceptors (Lipinski definition) is 5. The minimum atomic E-state index is -4.46. The van der Waals surface area contributed by atoms with Crippen molar-refractivity contribution >= 4 is 37.8 Å². The first kappa shape index (κ1) is 21.3. The van der Waals surface area contributed by atoms with E-state index in [9.17, 15) is 23.1 Å². The van der Waals surface area contributed by atoms with Crippen molar-refractivity contribution in [1.82, 2.24) is 15.5 Å². The van der Waals surface area contributed by atoms with Gasteiger partial charge in [-0.25, -0.2) is 0 Å². The molecule has 0 bridgehead atoms. The van der Waals surface area contributed by atoms with Crippen LogP contribution >= 0.6 is 31.9 Å². The second-order valence-corrected chi connectivity index (χ2v) is 7.69. The maximum Gasteiger partial charge on any atom is 0.416 e. The lowest BCUT2D eigenvalue weighted by Gasteiger charge is -2.08. The molecule has 2 N–H and O–H groups in total. The third-order valence-corrected chi connectivity index (χ3v) is 5.02. The largest absolute Gasteiger partial charge is 0.506 e. The monoisotopic (exact) mass is 533 g/mol. The van der Waals surface area contributed by atoms with E-state index in [0.29, 0.717) is 8.95 Å². The van der Waals surface area contributed by atoms with Gasteiger partial charge in [0.25, 0.3) is 0 Å². The van der Waals surface area contributed by atoms with Crippen molar-refractivity contribution < 1.29 is 27.6 Å². The number of aromatic hydroxyl groups is 1. The van der Waals surface area contributed by atoms with Gasteiger partial charge in [0.1, 0.15) is 5.75 Å². The van der Waals surface area contributed by atoms with Crippen LogP contribution < -0.4 is 5.32 Å². The van der Waals surface area contributed by atoms with E-state index in [1.807, 2.05) is 0 Å². The molecule has 6 nitrogen and oxygen atoms in total. The molecule has 29 heavy (non-hydrogen) atoms. The molecule has 3 rings (SSSR count). The standard InChI is InChI=1S/C18H12Br2F3N3O3/c19-12-5-10(6-13(20)15(12)27)7-14-25-17(29-26-14)16(28)24-8-9-2-1-3-11(4-9)18(21,22)23/h1-6,27H,7-8H2,(H,24,28). The topological polar surface area (TPSA) is 88.2 Å². The number of alkyl halides is 3. The summed E-state index contributed by atoms with van der Waals surface area (Å²) in [5, 5.41) is 15.9. The van der Waals surface area contributed by atoms with Gasteiger partial charge >= 0.3 is 18.0 Å². The Kier molecular flexibility index (Phi) is 6.27. The van der Waals surface area contributed by atoms with Crippen molar-refractivity contribution in [3.8, 4) is 5.75 Å². The van der Waals surface area contributed by atoms with Crippen molar-refractivity contribution in [2.45, 2.75) is 19.1 Å². The number of amides is 1. The molecule has 1 aromatic heterocycles. The van der Waals surface area contributed by atoms with Gasteiger partial charge in [0.05, 0.1) is 14.5 Å². The van der Waals surface area contributed by atoms with Gasteiger partial charge in [-0.2, -0.15) is 18.2 Å². The second-order valence-electron chi connectivity index (χ2n) is 5.98. The number of aromatic nitrogens is 2. The van der Waals surface area contributed by atoms with Crippen LogP contribution in [0.15, 0.2) is 49.9 Å². The average molecular weight is 535 g/mol. The van der Waals surface area contributed by atoms with Crippen molar-refractivity contribution in [2.24, 2.45) is 0 Å². The highest BCUT2D eigenvalue weighted by Gasteiger charge is 2.30. The Morgan fingerprint density at radius 2 is 1.83 bits per heavy atom. The van der Waals surface area contributed by atoms with Crippen molar-refractivity contribution in [1.29, 1.82) is 0 Å². The highest BCUT2D eigenvalue weighted by Crippen LogP contribution is 2.33. The SMILES string of the molecule is O=C(NCc1cccc(C(F)(F)F)c1)c1nc(Cc2cc(Br)c(O)c(Br)c2)no1. The van der Waals surface area contributed by atoms with Gasteiger partial charge in [0.2, 0.25) is 0 Å². The first-order chi connectivity index (χ1) is 13.6. The molecule has 0 aliphatic heterocycles. The molecule has 0 saturated carbocycles. The van der Waals surface area contributed by atoms with E-state index in [2.05, 4.69) is 47.3 Å². The van der Waals surface area contributed by atoms with Crippen LogP contribution in [0, 0.1) is 0 Å². The molecular weight excluding hydrogens is 523 g/mol. The fourth-order valence-electron chi connectivity index (χ4n) is 2.44. The van der Waals surface area contributed by atoms with Crippen LogP contribution in [0.25, 0.3) is 0 Å². The second kappa shape index (κ2) is 8.54. The smallest absolute Gasteiger partial charge is 0.416 e. The first-order valence-electron chi connectivity index (χ1n) is 8.07. The van der Waals surface area contributed by atoms with Crippen LogP contribution in [0.3, 0.4) is 0 Å². The van der Waals surface area contributed by atoms with E-state index in [1.54, 1.807) is 12.1 Å². The molecule has 0 radical (unpaired) electrons. The molecule has 1 amide bonds. The number of rotatable bonds is 5. The van der Waals surface area contributed by atoms with Crippen LogP contribution in [0.5, 0.6) is 5.75 Å². The Hall–Kier alpha value is -2.40. The molecule has 0 unspecified atom stereocenters. The minimum absolute atomic E-state index is 0.0523. The van der Waals surface area contributed by atoms with Crippen molar-refractivity contribution in [2.75, 3.05) is 0 Å². The summed E-state index contributed by atoms with van der Waals surface area (Å²) in [6, 6.07) is 7.99. The molecule has 1 heterocycles. The summed E-state index contributed by atoms with van der Waals surface area (Å²) >= 11 is 6.44. The molecule has 0 aliphatic rings. The zero-order chi connectivity index (χ0) is 21.2. The number of phenolic OH excluding ortho intramolecular Hbond substituents is 1. The van der Waals surface area contributed by atoms with Crippen LogP contribution in [0.1, 0.15) is 33.2 Å². The summed E-state index contributed by atoms with van der Waals surface area (Å²) in [4.78, 5) is 16.1. The number of benzene rings is 2. The van der Waals surface area contributed by atoms with E-state index in [4.69, 9.17) is 4.52 Å². The lowest BCUT2D eigenvalue weighted by atomic mass is 10.1. The Morgan fingerprint density at radius 1 is 1.14 bits per heavy atom. The summed E-state index contributed by atoms with van der Waals surface area (Å²) in [6.07, 6.45) is -4.22. The fraction of sp³-hybridized carbons (Fsp3) is 0.167. The molecule has 0 atom stereocenters. The molecule has 2 aromatic carbocycles. The molecule has 0 fully saturated rings. The first-order valence-corrected chi connectivity index (χ1v) is 9.66. The number of carbonyl (C=O) groups excluding carboxylic acids is 1. The third kappa shape index (κ3) is 5.36. The third-order valence-electron chi connectivity index (χ3n) is 3.81. The predicted octanol–water partition coefficient (Wildman–Crippen LogP) is 4.84. The summed E-state index contributed by atoms with van der Waals surface area (Å²) in [5.41, 5.74) is 0.237. The Balaban J connectivity index is 1.64. The van der Waals surface area contributed by atoms with Crippen LogP contribution in [0.4, 0.5) is 13.2 Å². The molecule has 0 spiro atoms. The molecular formula is C18H12Br2F3N3O3. The zero-order valence-corrected chi connectivity index (χ0v) is 17.6. The van der Waals surface area contributed by atoms with E-state index in [-0.39, 0.29) is 36.0 Å². The van der Waals surface area contributed by atoms with Gasteiger partial charge in [-0.05, 0) is 67.3 Å². The van der Waals surface area contributed by atoms with Gasteiger partial charge in [-0.3, -0.25) is 4.79 Å². The molecule has 3 aromatic rings. The summed E-state index contributed by atoms with van der Waals surface area (Å²) in [5.74, 6) is -0.714. The molecule has 0 saturated heterocycles. The van der Waals surface area contributed by atoms with E-state index >= 15 is 0 Å². The lowest BCUT2D eigenvalue weighted by molar-refractivity contribution is -0.137. The Bertz CT molecular complexity index is 1030. The molecule has 152 valence electrons. The summed E-state index contributed by atoms with van der Waals surface area (Å²) < 4.78 is 44.1. The van der Waals surface area contributed by atoms with Crippen LogP contribution in [-0.4, -0.2) is 21.2 Å². The highest BCUT2D eigenvalue weighted by molar-refractivity contribution is 9.11. The van der Waals surface area contributed by atoms with Crippen LogP contribution in [0.2, 0.25) is 0 Å². The van der Waals surface area contributed by atoms with E-state index in [0.717, 1.165) is 17.7 Å². The number of nitrogens with one attached hydrogen (secondary N) is 1. The van der Waals surface area contributed by atoms with Gasteiger partial charge < -0.3 is 14.9 Å². The number of hydrogen-bond donors (Lipinski definition) is 2. The predicted molar refractivity (Wildman–Crippen MR) is 103 cm³/mol. The van der Waals surface area contributed by atoms with Gasteiger partial charge in [0, 0.05) is 13.0 Å². The number of phenols is 1. The minimum Gasteiger partial charge on any atom is -0.506 e. The quantitative estimate of drug-likeness (QED) is 0.489. The average Bonchev–Trinajstić information content (AvgIpc) is 3.12. The molecule has 11 heteroatoms. The maximum atomic E-state index is 12.7. The number of carbonyl (C=O) groups is 1. The fourth-order valence-corrected chi connectivity index (χ4v) is 3.72. The number of halogens is 5. The van der Waals surface area contributed by atoms with Gasteiger partial charge in [-0.15, -0.1) is 0 Å². The van der Waals surface area contributed by atoms with E-state index in [1.165, 1.54) is 12.1 Å². The van der Waals surface area contributed by atoms with Crippen LogP contribution in [-0.2, 0) is 19.1 Å². The maximum absolute atomic E-state index is 12.7. The Morgan fingerprint density at radius 3 is 2.48 bits per heavy atom. The van der Waals surface area contributed by atoms with Crippen molar-refractivity contribution in [3.05, 3.63) is 73.7 Å². The number of nitrogens with zero attached hydrogens (tertiary/aromatic N) is 2. The zero-order valence-electron chi connectivity index (χ0n) is 14.4. The summed E-state index contributed by atoms with van der Waals surface area (Å²) in [6.45, 7) is -0.127. The van der Waals surface area contributed by atoms with Crippen molar-refractivity contribution in [3.63, 3.8) is 0 Å². The van der Waals surface area contributed by atoms with E-state index < -0.39 is 17.6 Å². The van der Waals surface area contributed by atoms with Gasteiger partial charge in [-0.1, -0.05) is 17.3 Å². The molecule has 0 aliphatic carbocycles. The normalized spacial score (nSPS) is 11.5. The summed E-state index contributed by atoms with van der Waals surface area (Å²) in [7, 11) is 0.